The first-order valence-electron chi connectivity index (χ1n) is 9.82. The average molecular weight is 369 g/mol. The standard InChI is InChI=1S/C24H32N3.Li/c1-17(2)22-11-9-12-23(18(3)4)24(22)27-20(6)16-19(5)25-15-13-21-10-7-8-14-26-21;/h7-12,14,16-18H,13,15H2,1-6H3;/q-1;+1/b19-16-,27-20?;. The molecule has 28 heavy (non-hydrogen) atoms. The summed E-state index contributed by atoms with van der Waals surface area (Å²) in [5.74, 6) is 0.895. The molecular weight excluding hydrogens is 337 g/mol. The minimum absolute atomic E-state index is 0. The number of benzene rings is 1. The number of nitrogens with zero attached hydrogens (tertiary/aromatic N) is 3. The minimum Gasteiger partial charge on any atom is -0.688 e. The summed E-state index contributed by atoms with van der Waals surface area (Å²) in [6.45, 7) is 13.7. The second kappa shape index (κ2) is 11.9. The second-order valence-electron chi connectivity index (χ2n) is 7.59. The summed E-state index contributed by atoms with van der Waals surface area (Å²) in [6, 6.07) is 12.5. The van der Waals surface area contributed by atoms with Crippen molar-refractivity contribution in [1.82, 2.24) is 4.98 Å². The fourth-order valence-electron chi connectivity index (χ4n) is 3.09. The van der Waals surface area contributed by atoms with Crippen LogP contribution in [0.2, 0.25) is 0 Å². The van der Waals surface area contributed by atoms with E-state index in [1.54, 1.807) is 0 Å². The maximum absolute atomic E-state index is 4.98. The van der Waals surface area contributed by atoms with Gasteiger partial charge >= 0.3 is 18.9 Å². The van der Waals surface area contributed by atoms with E-state index in [2.05, 4.69) is 69.2 Å². The molecule has 1 aromatic heterocycles. The molecule has 2 aromatic rings. The van der Waals surface area contributed by atoms with Crippen molar-refractivity contribution in [3.8, 4) is 0 Å². The van der Waals surface area contributed by atoms with Gasteiger partial charge in [-0.05, 0) is 48.4 Å². The Bertz CT molecular complexity index is 767. The summed E-state index contributed by atoms with van der Waals surface area (Å²) in [6.07, 6.45) is 4.75. The van der Waals surface area contributed by atoms with Crippen LogP contribution in [0.1, 0.15) is 70.2 Å². The number of rotatable bonds is 8. The maximum atomic E-state index is 4.98. The fraction of sp³-hybridized carbons (Fsp3) is 0.417. The molecule has 0 atom stereocenters. The molecule has 4 heteroatoms. The first kappa shape index (κ1) is 24.2. The zero-order chi connectivity index (χ0) is 19.8. The second-order valence-corrected chi connectivity index (χ2v) is 7.59. The molecule has 0 aliphatic carbocycles. The van der Waals surface area contributed by atoms with Gasteiger partial charge in [0, 0.05) is 17.6 Å². The molecule has 0 N–H and O–H groups in total. The number of aromatic nitrogens is 1. The van der Waals surface area contributed by atoms with E-state index in [-0.39, 0.29) is 18.9 Å². The van der Waals surface area contributed by atoms with Gasteiger partial charge in [-0.1, -0.05) is 65.0 Å². The summed E-state index contributed by atoms with van der Waals surface area (Å²) < 4.78 is 0. The van der Waals surface area contributed by atoms with E-state index in [4.69, 9.17) is 4.99 Å². The van der Waals surface area contributed by atoms with Crippen LogP contribution in [0.15, 0.2) is 59.4 Å². The number of hydrogen-bond donors (Lipinski definition) is 0. The molecule has 0 aliphatic heterocycles. The van der Waals surface area contributed by atoms with Crippen molar-refractivity contribution in [3.63, 3.8) is 0 Å². The predicted molar refractivity (Wildman–Crippen MR) is 117 cm³/mol. The third-order valence-electron chi connectivity index (χ3n) is 4.50. The molecule has 0 spiro atoms. The topological polar surface area (TPSA) is 39.4 Å². The SMILES string of the molecule is CC(/C=C(/C)[N-]CCc1ccccn1)=Nc1c(C(C)C)cccc1C(C)C.[Li+]. The number of pyridine rings is 1. The molecule has 2 rings (SSSR count). The minimum atomic E-state index is 0. The summed E-state index contributed by atoms with van der Waals surface area (Å²) in [4.78, 5) is 9.32. The van der Waals surface area contributed by atoms with Gasteiger partial charge in [0.1, 0.15) is 0 Å². The van der Waals surface area contributed by atoms with E-state index < -0.39 is 0 Å². The Balaban J connectivity index is 0.00000392. The summed E-state index contributed by atoms with van der Waals surface area (Å²) in [5, 5.41) is 4.66. The monoisotopic (exact) mass is 369 g/mol. The Morgan fingerprint density at radius 3 is 2.18 bits per heavy atom. The third kappa shape index (κ3) is 7.30. The van der Waals surface area contributed by atoms with Crippen LogP contribution in [-0.2, 0) is 6.42 Å². The number of hydrogen-bond acceptors (Lipinski definition) is 2. The molecule has 0 bridgehead atoms. The summed E-state index contributed by atoms with van der Waals surface area (Å²) in [7, 11) is 0. The van der Waals surface area contributed by atoms with Gasteiger partial charge in [-0.25, -0.2) is 0 Å². The molecule has 0 aliphatic rings. The zero-order valence-corrected chi connectivity index (χ0v) is 18.5. The summed E-state index contributed by atoms with van der Waals surface area (Å²) in [5.41, 5.74) is 6.80. The van der Waals surface area contributed by atoms with Gasteiger partial charge in [-0.2, -0.15) is 5.70 Å². The van der Waals surface area contributed by atoms with E-state index in [0.29, 0.717) is 11.8 Å². The molecule has 0 fully saturated rings. The third-order valence-corrected chi connectivity index (χ3v) is 4.50. The number of allylic oxidation sites excluding steroid dienone is 2. The van der Waals surface area contributed by atoms with Crippen LogP contribution in [0.5, 0.6) is 0 Å². The fourth-order valence-corrected chi connectivity index (χ4v) is 3.09. The van der Waals surface area contributed by atoms with Crippen molar-refractivity contribution < 1.29 is 18.9 Å². The molecule has 0 saturated carbocycles. The number of para-hydroxylation sites is 1. The van der Waals surface area contributed by atoms with Crippen LogP contribution in [-0.4, -0.2) is 17.2 Å². The van der Waals surface area contributed by atoms with Gasteiger partial charge in [0.15, 0.2) is 0 Å². The Kier molecular flexibility index (Phi) is 10.3. The smallest absolute Gasteiger partial charge is 0.688 e. The Morgan fingerprint density at radius 2 is 1.64 bits per heavy atom. The van der Waals surface area contributed by atoms with E-state index in [1.165, 1.54) is 11.1 Å². The first-order valence-corrected chi connectivity index (χ1v) is 9.82. The molecule has 0 saturated heterocycles. The van der Waals surface area contributed by atoms with Gasteiger partial charge in [0.25, 0.3) is 0 Å². The normalized spacial score (nSPS) is 12.3. The van der Waals surface area contributed by atoms with Crippen LogP contribution < -0.4 is 18.9 Å². The average Bonchev–Trinajstić information content (AvgIpc) is 2.62. The predicted octanol–water partition coefficient (Wildman–Crippen LogP) is 3.95. The van der Waals surface area contributed by atoms with Crippen LogP contribution in [0.3, 0.4) is 0 Å². The van der Waals surface area contributed by atoms with Gasteiger partial charge in [-0.15, -0.1) is 6.54 Å². The Labute approximate surface area is 183 Å². The summed E-state index contributed by atoms with van der Waals surface area (Å²) >= 11 is 0. The van der Waals surface area contributed by atoms with Gasteiger partial charge in [0.2, 0.25) is 0 Å². The van der Waals surface area contributed by atoms with Crippen LogP contribution >= 0.6 is 0 Å². The van der Waals surface area contributed by atoms with E-state index in [9.17, 15) is 0 Å². The van der Waals surface area contributed by atoms with Crippen molar-refractivity contribution in [2.45, 2.75) is 59.8 Å². The van der Waals surface area contributed by atoms with Gasteiger partial charge in [0.05, 0.1) is 5.69 Å². The van der Waals surface area contributed by atoms with E-state index in [1.807, 2.05) is 31.3 Å². The Hall–Kier alpha value is -1.82. The Morgan fingerprint density at radius 1 is 1.00 bits per heavy atom. The van der Waals surface area contributed by atoms with E-state index >= 15 is 0 Å². The van der Waals surface area contributed by atoms with Crippen molar-refractivity contribution in [3.05, 3.63) is 76.5 Å². The molecule has 1 aromatic carbocycles. The van der Waals surface area contributed by atoms with Crippen LogP contribution in [0.25, 0.3) is 5.32 Å². The molecule has 0 radical (unpaired) electrons. The molecule has 0 unspecified atom stereocenters. The maximum Gasteiger partial charge on any atom is 1.00 e. The quantitative estimate of drug-likeness (QED) is 0.513. The molecule has 144 valence electrons. The molecular formula is C24H32LiN3. The molecule has 1 heterocycles. The van der Waals surface area contributed by atoms with Gasteiger partial charge in [-0.3, -0.25) is 9.98 Å². The largest absolute Gasteiger partial charge is 1.00 e. The first-order chi connectivity index (χ1) is 12.9. The van der Waals surface area contributed by atoms with Crippen LogP contribution in [0, 0.1) is 0 Å². The van der Waals surface area contributed by atoms with Gasteiger partial charge < -0.3 is 5.32 Å². The van der Waals surface area contributed by atoms with Crippen molar-refractivity contribution in [2.24, 2.45) is 4.99 Å². The van der Waals surface area contributed by atoms with Crippen molar-refractivity contribution in [1.29, 1.82) is 0 Å². The number of aliphatic imine (C=N–C) groups is 1. The zero-order valence-electron chi connectivity index (χ0n) is 18.5. The van der Waals surface area contributed by atoms with Crippen molar-refractivity contribution >= 4 is 11.4 Å². The molecule has 0 amide bonds. The van der Waals surface area contributed by atoms with E-state index in [0.717, 1.165) is 35.8 Å². The van der Waals surface area contributed by atoms with Crippen LogP contribution in [0.4, 0.5) is 5.69 Å². The molecule has 3 nitrogen and oxygen atoms in total. The van der Waals surface area contributed by atoms with Crippen molar-refractivity contribution in [2.75, 3.05) is 6.54 Å².